The minimum Gasteiger partial charge on any atom is -0.458 e. The fourth-order valence-corrected chi connectivity index (χ4v) is 7.12. The maximum absolute atomic E-state index is 13.0. The quantitative estimate of drug-likeness (QED) is 0.368. The van der Waals surface area contributed by atoms with E-state index >= 15 is 0 Å². The van der Waals surface area contributed by atoms with Crippen molar-refractivity contribution in [3.8, 4) is 0 Å². The highest BCUT2D eigenvalue weighted by atomic mass is 16.6. The summed E-state index contributed by atoms with van der Waals surface area (Å²) in [4.78, 5) is 48.2. The molecule has 3 rings (SSSR count). The Morgan fingerprint density at radius 1 is 1.00 bits per heavy atom. The highest BCUT2D eigenvalue weighted by molar-refractivity contribution is 6.29. The van der Waals surface area contributed by atoms with Crippen LogP contribution < -0.4 is 0 Å². The third-order valence-electron chi connectivity index (χ3n) is 8.60. The molecule has 0 aliphatic heterocycles. The SMILES string of the molecule is CCOC(=O)C(=O)OCCC[C@@]1(C)C(=O)CC[C@H]2[C@@H]3CC[C@H](C(C)=O)[C@@]3(C)CC[C@@H]21. The first-order chi connectivity index (χ1) is 14.1. The number of carbonyl (C=O) groups is 4. The highest BCUT2D eigenvalue weighted by Crippen LogP contribution is 2.64. The van der Waals surface area contributed by atoms with Gasteiger partial charge in [0.05, 0.1) is 13.2 Å². The van der Waals surface area contributed by atoms with Crippen LogP contribution in [0.25, 0.3) is 0 Å². The maximum atomic E-state index is 13.0. The van der Waals surface area contributed by atoms with Crippen molar-refractivity contribution in [1.82, 2.24) is 0 Å². The fourth-order valence-electron chi connectivity index (χ4n) is 7.12. The van der Waals surface area contributed by atoms with Gasteiger partial charge in [-0.25, -0.2) is 9.59 Å². The number of ether oxygens (including phenoxy) is 2. The molecule has 0 aromatic rings. The second kappa shape index (κ2) is 8.80. The van der Waals surface area contributed by atoms with Crippen molar-refractivity contribution < 1.29 is 28.7 Å². The molecule has 0 aromatic heterocycles. The number of esters is 2. The Morgan fingerprint density at radius 2 is 1.70 bits per heavy atom. The van der Waals surface area contributed by atoms with Crippen LogP contribution in [0.2, 0.25) is 0 Å². The molecule has 0 radical (unpaired) electrons. The van der Waals surface area contributed by atoms with E-state index < -0.39 is 17.4 Å². The first-order valence-corrected chi connectivity index (χ1v) is 11.5. The molecule has 30 heavy (non-hydrogen) atoms. The third kappa shape index (κ3) is 3.94. The maximum Gasteiger partial charge on any atom is 0.417 e. The van der Waals surface area contributed by atoms with E-state index in [1.165, 1.54) is 0 Å². The third-order valence-corrected chi connectivity index (χ3v) is 8.60. The lowest BCUT2D eigenvalue weighted by Crippen LogP contribution is -2.52. The molecule has 0 N–H and O–H groups in total. The summed E-state index contributed by atoms with van der Waals surface area (Å²) in [5, 5.41) is 0. The number of carbonyl (C=O) groups excluding carboxylic acids is 4. The summed E-state index contributed by atoms with van der Waals surface area (Å²) < 4.78 is 9.67. The van der Waals surface area contributed by atoms with Crippen LogP contribution >= 0.6 is 0 Å². The molecule has 0 heterocycles. The van der Waals surface area contributed by atoms with Crippen LogP contribution in [0.3, 0.4) is 0 Å². The lowest BCUT2D eigenvalue weighted by atomic mass is 9.48. The molecule has 168 valence electrons. The fraction of sp³-hybridized carbons (Fsp3) is 0.833. The molecule has 0 spiro atoms. The average Bonchev–Trinajstić information content (AvgIpc) is 3.05. The van der Waals surface area contributed by atoms with Gasteiger partial charge in [0, 0.05) is 17.8 Å². The van der Waals surface area contributed by atoms with Crippen LogP contribution in [0.15, 0.2) is 0 Å². The van der Waals surface area contributed by atoms with Gasteiger partial charge in [0.2, 0.25) is 0 Å². The zero-order valence-corrected chi connectivity index (χ0v) is 18.8. The van der Waals surface area contributed by atoms with E-state index in [1.807, 2.05) is 0 Å². The lowest BCUT2D eigenvalue weighted by molar-refractivity contribution is -0.167. The van der Waals surface area contributed by atoms with Gasteiger partial charge >= 0.3 is 11.9 Å². The monoisotopic (exact) mass is 420 g/mol. The molecule has 6 nitrogen and oxygen atoms in total. The van der Waals surface area contributed by atoms with E-state index in [-0.39, 0.29) is 24.5 Å². The number of ketones is 2. The summed E-state index contributed by atoms with van der Waals surface area (Å²) in [5.74, 6) is 0.173. The van der Waals surface area contributed by atoms with E-state index in [2.05, 4.69) is 18.6 Å². The molecular formula is C24H36O6. The summed E-state index contributed by atoms with van der Waals surface area (Å²) in [5.41, 5.74) is -0.349. The molecule has 0 saturated heterocycles. The predicted molar refractivity (Wildman–Crippen MR) is 110 cm³/mol. The number of hydrogen-bond acceptors (Lipinski definition) is 6. The van der Waals surface area contributed by atoms with E-state index in [0.29, 0.717) is 48.6 Å². The second-order valence-electron chi connectivity index (χ2n) is 10.0. The van der Waals surface area contributed by atoms with Crippen LogP contribution in [0, 0.1) is 34.5 Å². The first-order valence-electron chi connectivity index (χ1n) is 11.5. The minimum atomic E-state index is -0.968. The average molecular weight is 421 g/mol. The van der Waals surface area contributed by atoms with Crippen molar-refractivity contribution in [2.45, 2.75) is 79.1 Å². The number of Topliss-reactive ketones (excluding diaryl/α,β-unsaturated/α-hetero) is 2. The Kier molecular flexibility index (Phi) is 6.73. The largest absolute Gasteiger partial charge is 0.458 e. The second-order valence-corrected chi connectivity index (χ2v) is 10.0. The molecule has 3 fully saturated rings. The summed E-state index contributed by atoms with van der Waals surface area (Å²) >= 11 is 0. The first kappa shape index (κ1) is 23.0. The van der Waals surface area contributed by atoms with Crippen molar-refractivity contribution in [2.24, 2.45) is 34.5 Å². The van der Waals surface area contributed by atoms with Crippen LogP contribution in [-0.4, -0.2) is 36.7 Å². The Balaban J connectivity index is 1.64. The van der Waals surface area contributed by atoms with Gasteiger partial charge in [0.25, 0.3) is 0 Å². The number of rotatable bonds is 6. The van der Waals surface area contributed by atoms with Gasteiger partial charge in [-0.2, -0.15) is 0 Å². The molecule has 0 aromatic carbocycles. The van der Waals surface area contributed by atoms with Gasteiger partial charge < -0.3 is 9.47 Å². The summed E-state index contributed by atoms with van der Waals surface area (Å²) in [6, 6.07) is 0. The van der Waals surface area contributed by atoms with E-state index in [9.17, 15) is 19.2 Å². The number of fused-ring (bicyclic) bond motifs is 3. The number of hydrogen-bond donors (Lipinski definition) is 0. The van der Waals surface area contributed by atoms with E-state index in [1.54, 1.807) is 13.8 Å². The molecule has 3 aliphatic carbocycles. The van der Waals surface area contributed by atoms with Crippen LogP contribution in [0.1, 0.15) is 79.1 Å². The van der Waals surface area contributed by atoms with Gasteiger partial charge in [-0.15, -0.1) is 0 Å². The Morgan fingerprint density at radius 3 is 2.37 bits per heavy atom. The van der Waals surface area contributed by atoms with Crippen molar-refractivity contribution >= 4 is 23.5 Å². The van der Waals surface area contributed by atoms with Crippen molar-refractivity contribution in [3.63, 3.8) is 0 Å². The van der Waals surface area contributed by atoms with Gasteiger partial charge in [-0.05, 0) is 82.0 Å². The van der Waals surface area contributed by atoms with Crippen molar-refractivity contribution in [2.75, 3.05) is 13.2 Å². The van der Waals surface area contributed by atoms with E-state index in [4.69, 9.17) is 4.74 Å². The summed E-state index contributed by atoms with van der Waals surface area (Å²) in [7, 11) is 0. The predicted octanol–water partition coefficient (Wildman–Crippen LogP) is 3.89. The normalized spacial score (nSPS) is 37.8. The zero-order chi connectivity index (χ0) is 22.1. The molecule has 6 atom stereocenters. The van der Waals surface area contributed by atoms with Crippen LogP contribution in [0.4, 0.5) is 0 Å². The molecule has 0 amide bonds. The lowest BCUT2D eigenvalue weighted by Gasteiger charge is -2.55. The molecule has 0 bridgehead atoms. The summed E-state index contributed by atoms with van der Waals surface area (Å²) in [6.07, 6.45) is 6.78. The Bertz CT molecular complexity index is 714. The van der Waals surface area contributed by atoms with Gasteiger partial charge in [-0.1, -0.05) is 13.8 Å². The van der Waals surface area contributed by atoms with Gasteiger partial charge in [0.1, 0.15) is 11.6 Å². The molecule has 0 unspecified atom stereocenters. The Hall–Kier alpha value is -1.72. The molecule has 3 saturated carbocycles. The molecule has 3 aliphatic rings. The zero-order valence-electron chi connectivity index (χ0n) is 18.8. The van der Waals surface area contributed by atoms with Gasteiger partial charge in [0.15, 0.2) is 0 Å². The highest BCUT2D eigenvalue weighted by Gasteiger charge is 2.60. The minimum absolute atomic E-state index is 0.0729. The van der Waals surface area contributed by atoms with Crippen LogP contribution in [-0.2, 0) is 28.7 Å². The van der Waals surface area contributed by atoms with Gasteiger partial charge in [-0.3, -0.25) is 9.59 Å². The standard InChI is InChI=1S/C24H36O6/c1-5-29-21(27)22(28)30-14-6-12-24(4)19-11-13-23(3)17(15(2)25)8-9-18(23)16(19)7-10-20(24)26/h16-19H,5-14H2,1-4H3/t16-,17+,18-,19-,23+,24+/m0/s1. The molecule has 6 heteroatoms. The molecular weight excluding hydrogens is 384 g/mol. The summed E-state index contributed by atoms with van der Waals surface area (Å²) in [6.45, 7) is 8.00. The smallest absolute Gasteiger partial charge is 0.417 e. The Labute approximate surface area is 179 Å². The van der Waals surface area contributed by atoms with Crippen molar-refractivity contribution in [1.29, 1.82) is 0 Å². The van der Waals surface area contributed by atoms with E-state index in [0.717, 1.165) is 32.1 Å². The van der Waals surface area contributed by atoms with Crippen LogP contribution in [0.5, 0.6) is 0 Å². The topological polar surface area (TPSA) is 86.7 Å². The van der Waals surface area contributed by atoms with Crippen molar-refractivity contribution in [3.05, 3.63) is 0 Å².